The van der Waals surface area contributed by atoms with Gasteiger partial charge in [-0.05, 0) is 79.4 Å². The lowest BCUT2D eigenvalue weighted by Crippen LogP contribution is -2.44. The zero-order valence-electron chi connectivity index (χ0n) is 29.3. The van der Waals surface area contributed by atoms with Crippen molar-refractivity contribution in [1.82, 2.24) is 28.7 Å². The predicted molar refractivity (Wildman–Crippen MR) is 187 cm³/mol. The van der Waals surface area contributed by atoms with E-state index >= 15 is 0 Å². The molecule has 0 radical (unpaired) electrons. The number of nitrogens with zero attached hydrogens (tertiary/aromatic N) is 5. The minimum Gasteiger partial charge on any atom is -0.501 e. The van der Waals surface area contributed by atoms with Crippen LogP contribution in [-0.2, 0) is 26.3 Å². The van der Waals surface area contributed by atoms with Crippen molar-refractivity contribution < 1.29 is 27.2 Å². The summed E-state index contributed by atoms with van der Waals surface area (Å²) in [6, 6.07) is 5.58. The molecule has 2 atom stereocenters. The van der Waals surface area contributed by atoms with E-state index in [1.807, 2.05) is 17.0 Å². The molecule has 3 fully saturated rings. The van der Waals surface area contributed by atoms with E-state index in [4.69, 9.17) is 9.15 Å². The van der Waals surface area contributed by atoms with Gasteiger partial charge in [0.25, 0.3) is 5.91 Å². The Balaban J connectivity index is 1.23. The Morgan fingerprint density at radius 3 is 2.48 bits per heavy atom. The zero-order valence-corrected chi connectivity index (χ0v) is 30.1. The van der Waals surface area contributed by atoms with Crippen molar-refractivity contribution in [2.75, 3.05) is 34.3 Å². The zero-order chi connectivity index (χ0) is 34.9. The highest BCUT2D eigenvalue weighted by atomic mass is 32.2. The van der Waals surface area contributed by atoms with Gasteiger partial charge >= 0.3 is 10.2 Å². The molecule has 1 N–H and O–H groups in total. The number of carbonyl (C=O) groups excluding carboxylic acids is 2. The standard InChI is InChI=1S/C37H46N6O6S/c1-22-38-39-35(49-22)24-14-16-42(17-15-24)36(45)37-20-30(37)29-19-26(48-4)11-13-27(29)33-32(23-8-6-5-7-9-23)28-12-10-25(18-31(28)43(33)21-37)34(44)40-50(46,47)41(2)3/h10,12,18-19,23-24,30H,5-9,11,13-17,20-21H2,1-4H3,(H,40,44). The van der Waals surface area contributed by atoms with Gasteiger partial charge < -0.3 is 18.6 Å². The number of hydrogen-bond acceptors (Lipinski definition) is 8. The third kappa shape index (κ3) is 5.47. The molecule has 50 heavy (non-hydrogen) atoms. The first-order chi connectivity index (χ1) is 24.0. The first kappa shape index (κ1) is 33.2. The van der Waals surface area contributed by atoms with Crippen molar-refractivity contribution in [3.05, 3.63) is 64.2 Å². The molecule has 2 saturated carbocycles. The van der Waals surface area contributed by atoms with Crippen LogP contribution in [0.5, 0.6) is 0 Å². The monoisotopic (exact) mass is 702 g/mol. The fourth-order valence-electron chi connectivity index (χ4n) is 9.13. The van der Waals surface area contributed by atoms with Gasteiger partial charge in [-0.2, -0.15) is 12.7 Å². The maximum atomic E-state index is 14.8. The van der Waals surface area contributed by atoms with Crippen LogP contribution in [0.2, 0.25) is 0 Å². The number of benzene rings is 1. The molecule has 13 heteroatoms. The lowest BCUT2D eigenvalue weighted by Gasteiger charge is -2.34. The SMILES string of the molecule is COC1=CC2=C(CC1)c1c(C3CCCCC3)c3ccc(C(=O)NS(=O)(=O)N(C)C)cc3n1CC1(C(=O)N3CCC(c4nnc(C)o4)CC3)CC21. The molecular formula is C37H46N6O6S. The molecule has 4 heterocycles. The van der Waals surface area contributed by atoms with Crippen molar-refractivity contribution in [3.8, 4) is 0 Å². The maximum Gasteiger partial charge on any atom is 0.303 e. The molecule has 2 aromatic heterocycles. The Kier molecular flexibility index (Phi) is 8.21. The number of aromatic nitrogens is 3. The number of methoxy groups -OCH3 is 1. The number of likely N-dealkylation sites (tertiary alicyclic amines) is 1. The Bertz CT molecular complexity index is 2050. The van der Waals surface area contributed by atoms with Gasteiger partial charge in [0.15, 0.2) is 0 Å². The number of fused-ring (bicyclic) bond motifs is 6. The Labute approximate surface area is 293 Å². The smallest absolute Gasteiger partial charge is 0.303 e. The second kappa shape index (κ2) is 12.4. The van der Waals surface area contributed by atoms with Crippen LogP contribution in [0.3, 0.4) is 0 Å². The van der Waals surface area contributed by atoms with E-state index in [1.165, 1.54) is 55.8 Å². The van der Waals surface area contributed by atoms with Gasteiger partial charge in [0.1, 0.15) is 0 Å². The molecule has 0 bridgehead atoms. The van der Waals surface area contributed by atoms with Crippen molar-refractivity contribution in [3.63, 3.8) is 0 Å². The van der Waals surface area contributed by atoms with Gasteiger partial charge in [-0.3, -0.25) is 9.59 Å². The van der Waals surface area contributed by atoms with E-state index in [2.05, 4.69) is 25.6 Å². The molecule has 2 amide bonds. The summed E-state index contributed by atoms with van der Waals surface area (Å²) in [5.74, 6) is 2.22. The second-order valence-corrected chi connectivity index (χ2v) is 16.9. The van der Waals surface area contributed by atoms with E-state index in [-0.39, 0.29) is 23.3 Å². The van der Waals surface area contributed by atoms with Crippen LogP contribution in [0.15, 0.2) is 40.0 Å². The van der Waals surface area contributed by atoms with E-state index in [1.54, 1.807) is 20.1 Å². The van der Waals surface area contributed by atoms with Crippen molar-refractivity contribution >= 4 is 38.5 Å². The number of nitrogens with one attached hydrogen (secondary N) is 1. The minimum absolute atomic E-state index is 0.0673. The average Bonchev–Trinajstić information content (AvgIpc) is 3.58. The van der Waals surface area contributed by atoms with Crippen LogP contribution in [0.1, 0.15) is 109 Å². The van der Waals surface area contributed by atoms with E-state index in [9.17, 15) is 18.0 Å². The number of allylic oxidation sites excluding steroid dienone is 4. The lowest BCUT2D eigenvalue weighted by atomic mass is 9.79. The number of amides is 2. The summed E-state index contributed by atoms with van der Waals surface area (Å²) >= 11 is 0. The molecule has 2 unspecified atom stereocenters. The summed E-state index contributed by atoms with van der Waals surface area (Å²) in [7, 11) is 0.522. The fourth-order valence-corrected chi connectivity index (χ4v) is 9.66. The molecule has 0 spiro atoms. The lowest BCUT2D eigenvalue weighted by molar-refractivity contribution is -0.139. The molecule has 1 aromatic carbocycles. The average molecular weight is 703 g/mol. The quantitative estimate of drug-likeness (QED) is 0.345. The van der Waals surface area contributed by atoms with Gasteiger partial charge in [-0.15, -0.1) is 10.2 Å². The topological polar surface area (TPSA) is 140 Å². The van der Waals surface area contributed by atoms with Gasteiger partial charge in [0.2, 0.25) is 17.7 Å². The highest BCUT2D eigenvalue weighted by molar-refractivity contribution is 7.87. The fraction of sp³-hybridized carbons (Fsp3) is 0.568. The largest absolute Gasteiger partial charge is 0.501 e. The third-order valence-electron chi connectivity index (χ3n) is 11.9. The van der Waals surface area contributed by atoms with Gasteiger partial charge in [-0.25, -0.2) is 4.72 Å². The van der Waals surface area contributed by atoms with Crippen LogP contribution in [0, 0.1) is 18.3 Å². The van der Waals surface area contributed by atoms with Gasteiger partial charge in [0, 0.05) is 81.1 Å². The highest BCUT2D eigenvalue weighted by Crippen LogP contribution is 2.64. The van der Waals surface area contributed by atoms with Crippen molar-refractivity contribution in [2.24, 2.45) is 11.3 Å². The van der Waals surface area contributed by atoms with Crippen molar-refractivity contribution in [2.45, 2.75) is 89.5 Å². The number of aryl methyl sites for hydroxylation is 1. The normalized spacial score (nSPS) is 24.4. The number of hydrogen-bond donors (Lipinski definition) is 1. The molecule has 8 rings (SSSR count). The highest BCUT2D eigenvalue weighted by Gasteiger charge is 2.64. The van der Waals surface area contributed by atoms with E-state index in [0.717, 1.165) is 65.9 Å². The maximum absolute atomic E-state index is 14.8. The van der Waals surface area contributed by atoms with Crippen LogP contribution in [0.25, 0.3) is 16.5 Å². The summed E-state index contributed by atoms with van der Waals surface area (Å²) in [6.07, 6.45) is 11.9. The summed E-state index contributed by atoms with van der Waals surface area (Å²) in [5, 5.41) is 9.36. The van der Waals surface area contributed by atoms with Crippen LogP contribution in [0.4, 0.5) is 0 Å². The van der Waals surface area contributed by atoms with Crippen LogP contribution < -0.4 is 4.72 Å². The third-order valence-corrected chi connectivity index (χ3v) is 13.3. The summed E-state index contributed by atoms with van der Waals surface area (Å²) < 4.78 is 42.3. The van der Waals surface area contributed by atoms with Crippen molar-refractivity contribution in [1.29, 1.82) is 0 Å². The molecule has 266 valence electrons. The number of rotatable bonds is 7. The Hall–Kier alpha value is -3.97. The first-order valence-corrected chi connectivity index (χ1v) is 19.4. The minimum atomic E-state index is -3.98. The Morgan fingerprint density at radius 1 is 1.04 bits per heavy atom. The van der Waals surface area contributed by atoms with Crippen LogP contribution in [-0.4, -0.2) is 78.5 Å². The number of piperidine rings is 1. The van der Waals surface area contributed by atoms with E-state index in [0.29, 0.717) is 37.3 Å². The van der Waals surface area contributed by atoms with Crippen LogP contribution >= 0.6 is 0 Å². The second-order valence-electron chi connectivity index (χ2n) is 15.0. The molecule has 3 aliphatic carbocycles. The summed E-state index contributed by atoms with van der Waals surface area (Å²) in [5.41, 5.74) is 5.53. The van der Waals surface area contributed by atoms with Gasteiger partial charge in [-0.1, -0.05) is 25.3 Å². The molecule has 2 aliphatic heterocycles. The first-order valence-electron chi connectivity index (χ1n) is 18.0. The number of carbonyl (C=O) groups is 2. The molecule has 1 saturated heterocycles. The predicted octanol–water partition coefficient (Wildman–Crippen LogP) is 5.42. The van der Waals surface area contributed by atoms with E-state index < -0.39 is 21.5 Å². The number of ether oxygens (including phenoxy) is 1. The molecule has 5 aliphatic rings. The van der Waals surface area contributed by atoms with Gasteiger partial charge in [0.05, 0.1) is 18.3 Å². The Morgan fingerprint density at radius 2 is 1.80 bits per heavy atom. The molecule has 12 nitrogen and oxygen atoms in total. The molecular weight excluding hydrogens is 657 g/mol. The summed E-state index contributed by atoms with van der Waals surface area (Å²) in [6.45, 7) is 3.55. The summed E-state index contributed by atoms with van der Waals surface area (Å²) in [4.78, 5) is 30.3. The molecule has 3 aromatic rings.